The SMILES string of the molecule is c1ccc(-n2c3ccccc3c3c(-c4ccc(-c5ccc(Nc6cc7ccccc7c7c6oc6ccccc67)cc5)cc4)cccc32)cc1. The molecule has 0 saturated carbocycles. The fraction of sp³-hybridized carbons (Fsp3) is 0. The number of para-hydroxylation sites is 3. The Balaban J connectivity index is 0.991. The highest BCUT2D eigenvalue weighted by Crippen LogP contribution is 2.41. The van der Waals surface area contributed by atoms with Crippen molar-refractivity contribution in [2.45, 2.75) is 0 Å². The molecule has 0 unspecified atom stereocenters. The maximum absolute atomic E-state index is 6.41. The smallest absolute Gasteiger partial charge is 0.159 e. The highest BCUT2D eigenvalue weighted by molar-refractivity contribution is 6.22. The van der Waals surface area contributed by atoms with Crippen LogP contribution in [0.1, 0.15) is 0 Å². The van der Waals surface area contributed by atoms with Crippen molar-refractivity contribution in [2.75, 3.05) is 5.32 Å². The lowest BCUT2D eigenvalue weighted by Gasteiger charge is -2.11. The largest absolute Gasteiger partial charge is 0.454 e. The van der Waals surface area contributed by atoms with Crippen LogP contribution in [0.5, 0.6) is 0 Å². The molecule has 0 saturated heterocycles. The van der Waals surface area contributed by atoms with Gasteiger partial charge in [-0.05, 0) is 81.6 Å². The van der Waals surface area contributed by atoms with Crippen molar-refractivity contribution < 1.29 is 4.42 Å². The van der Waals surface area contributed by atoms with Gasteiger partial charge in [0.05, 0.1) is 16.7 Å². The quantitative estimate of drug-likeness (QED) is 0.206. The van der Waals surface area contributed by atoms with Crippen LogP contribution in [-0.4, -0.2) is 4.57 Å². The summed E-state index contributed by atoms with van der Waals surface area (Å²) in [5.74, 6) is 0. The van der Waals surface area contributed by atoms with Gasteiger partial charge in [0.15, 0.2) is 5.58 Å². The minimum absolute atomic E-state index is 0.876. The fourth-order valence-electron chi connectivity index (χ4n) is 7.53. The van der Waals surface area contributed by atoms with E-state index in [1.165, 1.54) is 60.5 Å². The number of fused-ring (bicyclic) bond motifs is 8. The molecule has 0 aliphatic rings. The predicted octanol–water partition coefficient (Wildman–Crippen LogP) is 12.9. The van der Waals surface area contributed by atoms with Gasteiger partial charge in [-0.2, -0.15) is 0 Å². The van der Waals surface area contributed by atoms with Crippen LogP contribution in [0.3, 0.4) is 0 Å². The molecule has 0 atom stereocenters. The summed E-state index contributed by atoms with van der Waals surface area (Å²) in [5, 5.41) is 10.9. The first-order chi connectivity index (χ1) is 24.3. The summed E-state index contributed by atoms with van der Waals surface area (Å²) in [6.07, 6.45) is 0. The van der Waals surface area contributed by atoms with E-state index in [1.54, 1.807) is 0 Å². The summed E-state index contributed by atoms with van der Waals surface area (Å²) in [6.45, 7) is 0. The van der Waals surface area contributed by atoms with Crippen molar-refractivity contribution in [3.63, 3.8) is 0 Å². The van der Waals surface area contributed by atoms with E-state index in [2.05, 4.69) is 174 Å². The fourth-order valence-corrected chi connectivity index (χ4v) is 7.53. The van der Waals surface area contributed by atoms with E-state index in [1.807, 2.05) is 12.1 Å². The second-order valence-corrected chi connectivity index (χ2v) is 12.6. The summed E-state index contributed by atoms with van der Waals surface area (Å²) in [7, 11) is 0. The number of furan rings is 1. The number of nitrogens with one attached hydrogen (secondary N) is 1. The summed E-state index contributed by atoms with van der Waals surface area (Å²) in [5.41, 5.74) is 12.1. The monoisotopic (exact) mass is 626 g/mol. The normalized spacial score (nSPS) is 11.7. The Bertz CT molecular complexity index is 2820. The molecule has 3 heteroatoms. The molecule has 0 aliphatic heterocycles. The molecule has 49 heavy (non-hydrogen) atoms. The predicted molar refractivity (Wildman–Crippen MR) is 206 cm³/mol. The molecular weight excluding hydrogens is 597 g/mol. The average Bonchev–Trinajstić information content (AvgIpc) is 3.73. The zero-order chi connectivity index (χ0) is 32.3. The third-order valence-corrected chi connectivity index (χ3v) is 9.78. The lowest BCUT2D eigenvalue weighted by molar-refractivity contribution is 0.670. The van der Waals surface area contributed by atoms with Crippen molar-refractivity contribution in [1.82, 2.24) is 4.57 Å². The van der Waals surface area contributed by atoms with Crippen LogP contribution >= 0.6 is 0 Å². The van der Waals surface area contributed by atoms with E-state index < -0.39 is 0 Å². The second-order valence-electron chi connectivity index (χ2n) is 12.6. The Kier molecular flexibility index (Phi) is 6.18. The minimum Gasteiger partial charge on any atom is -0.454 e. The molecule has 10 rings (SSSR count). The second kappa shape index (κ2) is 11.0. The van der Waals surface area contributed by atoms with Crippen LogP contribution in [0.2, 0.25) is 0 Å². The Morgan fingerprint density at radius 2 is 1.08 bits per heavy atom. The molecule has 0 bridgehead atoms. The van der Waals surface area contributed by atoms with Gasteiger partial charge >= 0.3 is 0 Å². The molecule has 8 aromatic carbocycles. The van der Waals surface area contributed by atoms with Crippen LogP contribution in [0.15, 0.2) is 180 Å². The molecule has 1 N–H and O–H groups in total. The highest BCUT2D eigenvalue weighted by Gasteiger charge is 2.17. The maximum Gasteiger partial charge on any atom is 0.159 e. The zero-order valence-corrected chi connectivity index (χ0v) is 26.6. The molecule has 0 aliphatic carbocycles. The van der Waals surface area contributed by atoms with Gasteiger partial charge in [0, 0.05) is 32.9 Å². The Morgan fingerprint density at radius 3 is 1.90 bits per heavy atom. The van der Waals surface area contributed by atoms with E-state index in [4.69, 9.17) is 4.42 Å². The van der Waals surface area contributed by atoms with E-state index in [-0.39, 0.29) is 0 Å². The highest BCUT2D eigenvalue weighted by atomic mass is 16.3. The first-order valence-corrected chi connectivity index (χ1v) is 16.7. The Hall–Kier alpha value is -6.58. The van der Waals surface area contributed by atoms with Gasteiger partial charge in [-0.1, -0.05) is 127 Å². The topological polar surface area (TPSA) is 30.1 Å². The van der Waals surface area contributed by atoms with Crippen molar-refractivity contribution in [3.05, 3.63) is 176 Å². The molecule has 0 fully saturated rings. The van der Waals surface area contributed by atoms with Crippen LogP contribution in [0, 0.1) is 0 Å². The van der Waals surface area contributed by atoms with Crippen LogP contribution in [-0.2, 0) is 0 Å². The maximum atomic E-state index is 6.41. The number of rotatable bonds is 5. The van der Waals surface area contributed by atoms with Gasteiger partial charge in [0.2, 0.25) is 0 Å². The minimum atomic E-state index is 0.876. The summed E-state index contributed by atoms with van der Waals surface area (Å²) < 4.78 is 8.79. The van der Waals surface area contributed by atoms with E-state index in [0.29, 0.717) is 0 Å². The molecule has 2 heterocycles. The Labute approximate surface area is 283 Å². The van der Waals surface area contributed by atoms with Crippen molar-refractivity contribution in [1.29, 1.82) is 0 Å². The van der Waals surface area contributed by atoms with E-state index >= 15 is 0 Å². The molecular formula is C46H30N2O. The van der Waals surface area contributed by atoms with Gasteiger partial charge in [0.25, 0.3) is 0 Å². The third kappa shape index (κ3) is 4.44. The molecule has 0 amide bonds. The molecule has 0 spiro atoms. The summed E-state index contributed by atoms with van der Waals surface area (Å²) in [4.78, 5) is 0. The van der Waals surface area contributed by atoms with Crippen LogP contribution in [0.25, 0.3) is 82.5 Å². The summed E-state index contributed by atoms with van der Waals surface area (Å²) >= 11 is 0. The first-order valence-electron chi connectivity index (χ1n) is 16.7. The van der Waals surface area contributed by atoms with E-state index in [9.17, 15) is 0 Å². The summed E-state index contributed by atoms with van der Waals surface area (Å²) in [6, 6.07) is 62.6. The van der Waals surface area contributed by atoms with Gasteiger partial charge in [-0.3, -0.25) is 0 Å². The number of aromatic nitrogens is 1. The number of benzene rings is 8. The molecule has 2 aromatic heterocycles. The number of hydrogen-bond acceptors (Lipinski definition) is 2. The third-order valence-electron chi connectivity index (χ3n) is 9.78. The molecule has 3 nitrogen and oxygen atoms in total. The standard InChI is InChI=1S/C46H30N2O/c1-2-12-35(13-3-1)48-41-18-8-6-15-38(41)44-36(17-10-19-42(44)48)32-23-21-30(22-24-32)31-25-27-34(28-26-31)47-40-29-33-11-4-5-14-37(33)45-39-16-7-9-20-43(39)49-46(40)45/h1-29,47H. The van der Waals surface area contributed by atoms with Crippen molar-refractivity contribution >= 4 is 65.9 Å². The van der Waals surface area contributed by atoms with Crippen molar-refractivity contribution in [3.8, 4) is 27.9 Å². The number of nitrogens with zero attached hydrogens (tertiary/aromatic N) is 1. The number of hydrogen-bond donors (Lipinski definition) is 1. The molecule has 230 valence electrons. The van der Waals surface area contributed by atoms with Crippen LogP contribution in [0.4, 0.5) is 11.4 Å². The Morgan fingerprint density at radius 1 is 0.449 bits per heavy atom. The van der Waals surface area contributed by atoms with Gasteiger partial charge in [-0.15, -0.1) is 0 Å². The first kappa shape index (κ1) is 27.5. The lowest BCUT2D eigenvalue weighted by atomic mass is 9.97. The van der Waals surface area contributed by atoms with E-state index in [0.717, 1.165) is 33.3 Å². The number of anilines is 2. The van der Waals surface area contributed by atoms with Gasteiger partial charge in [-0.25, -0.2) is 0 Å². The van der Waals surface area contributed by atoms with Crippen LogP contribution < -0.4 is 5.32 Å². The van der Waals surface area contributed by atoms with Gasteiger partial charge in [0.1, 0.15) is 5.58 Å². The van der Waals surface area contributed by atoms with Gasteiger partial charge < -0.3 is 14.3 Å². The molecule has 0 radical (unpaired) electrons. The lowest BCUT2D eigenvalue weighted by Crippen LogP contribution is -1.92. The zero-order valence-electron chi connectivity index (χ0n) is 26.6. The molecule has 10 aromatic rings. The average molecular weight is 627 g/mol. The van der Waals surface area contributed by atoms with Crippen molar-refractivity contribution in [2.24, 2.45) is 0 Å².